The molecule has 0 aromatic heterocycles. The van der Waals surface area contributed by atoms with E-state index in [0.29, 0.717) is 0 Å². The molecule has 0 aromatic carbocycles. The van der Waals surface area contributed by atoms with Crippen molar-refractivity contribution < 1.29 is 9.59 Å². The third-order valence-corrected chi connectivity index (χ3v) is 1.41. The van der Waals surface area contributed by atoms with E-state index < -0.39 is 0 Å². The fourth-order valence-corrected chi connectivity index (χ4v) is 0.204. The van der Waals surface area contributed by atoms with Crippen LogP contribution in [-0.2, 0) is 9.59 Å². The van der Waals surface area contributed by atoms with Crippen molar-refractivity contribution in [1.82, 2.24) is 0 Å². The molecule has 0 fully saturated rings. The van der Waals surface area contributed by atoms with Crippen LogP contribution < -0.4 is 0 Å². The van der Waals surface area contributed by atoms with Gasteiger partial charge in [-0.25, -0.2) is 9.59 Å². The second-order valence-electron chi connectivity index (χ2n) is 0.954. The Kier molecular flexibility index (Phi) is 3.07. The predicted molar refractivity (Wildman–Crippen MR) is 29.9 cm³/mol. The second kappa shape index (κ2) is 3.35. The Labute approximate surface area is 53.1 Å². The summed E-state index contributed by atoms with van der Waals surface area (Å²) in [5.41, 5.74) is 0. The zero-order chi connectivity index (χ0) is 6.57. The van der Waals surface area contributed by atoms with Gasteiger partial charge < -0.3 is 0 Å². The lowest BCUT2D eigenvalue weighted by Crippen LogP contribution is -1.89. The van der Waals surface area contributed by atoms with Crippen LogP contribution in [-0.4, -0.2) is 32.4 Å². The van der Waals surface area contributed by atoms with Crippen molar-refractivity contribution in [2.24, 2.45) is 0 Å². The van der Waals surface area contributed by atoms with E-state index in [1.807, 2.05) is 0 Å². The summed E-state index contributed by atoms with van der Waals surface area (Å²) >= 11 is 0. The van der Waals surface area contributed by atoms with Crippen LogP contribution in [0, 0.1) is 0 Å². The highest BCUT2D eigenvalue weighted by Gasteiger charge is 1.90. The van der Waals surface area contributed by atoms with Gasteiger partial charge in [0.15, 0.2) is 0 Å². The van der Waals surface area contributed by atoms with Crippen LogP contribution in [0.3, 0.4) is 0 Å². The average molecular weight is 136 g/mol. The Morgan fingerprint density at radius 2 is 1.25 bits per heavy atom. The number of hydrogen-bond acceptors (Lipinski definition) is 2. The topological polar surface area (TPSA) is 34.1 Å². The van der Waals surface area contributed by atoms with Gasteiger partial charge in [-0.1, -0.05) is 0 Å². The molecule has 0 rings (SSSR count). The molecule has 0 spiro atoms. The van der Waals surface area contributed by atoms with Gasteiger partial charge >= 0.3 is 0 Å². The van der Waals surface area contributed by atoms with E-state index in [0.717, 1.165) is 0 Å². The summed E-state index contributed by atoms with van der Waals surface area (Å²) in [7, 11) is 5.59. The maximum absolute atomic E-state index is 9.66. The van der Waals surface area contributed by atoms with Gasteiger partial charge in [-0.3, -0.25) is 0 Å². The molecule has 36 valence electrons. The highest BCUT2D eigenvalue weighted by atomic mass is 28.2. The summed E-state index contributed by atoms with van der Waals surface area (Å²) in [4.78, 5) is 19.3. The smallest absolute Gasteiger partial charge is 0.123 e. The van der Waals surface area contributed by atoms with Crippen LogP contribution in [0.25, 0.3) is 0 Å². The summed E-state index contributed by atoms with van der Waals surface area (Å²) in [5.74, 6) is 2.90. The van der Waals surface area contributed by atoms with Crippen LogP contribution in [0.5, 0.6) is 0 Å². The molecule has 0 heterocycles. The second-order valence-corrected chi connectivity index (χ2v) is 1.95. The van der Waals surface area contributed by atoms with Crippen LogP contribution in [0.4, 0.5) is 0 Å². The van der Waals surface area contributed by atoms with Gasteiger partial charge in [-0.05, 0) is 0 Å². The van der Waals surface area contributed by atoms with Crippen LogP contribution in [0.1, 0.15) is 0 Å². The molecule has 0 aliphatic rings. The largest absolute Gasteiger partial charge is 0.234 e. The van der Waals surface area contributed by atoms with E-state index in [-0.39, 0.29) is 10.4 Å². The zero-order valence-electron chi connectivity index (χ0n) is 3.82. The van der Waals surface area contributed by atoms with Gasteiger partial charge in [0.2, 0.25) is 0 Å². The summed E-state index contributed by atoms with van der Waals surface area (Å²) in [5, 5.41) is 0.0772. The van der Waals surface area contributed by atoms with E-state index in [2.05, 4.69) is 20.5 Å². The Morgan fingerprint density at radius 1 is 1.00 bits per heavy atom. The third-order valence-electron chi connectivity index (χ3n) is 0.454. The summed E-state index contributed by atoms with van der Waals surface area (Å²) in [6, 6.07) is 0. The molecule has 0 bridgehead atoms. The summed E-state index contributed by atoms with van der Waals surface area (Å²) in [6.07, 6.45) is 0. The van der Waals surface area contributed by atoms with Crippen molar-refractivity contribution in [3.63, 3.8) is 0 Å². The highest BCUT2D eigenvalue weighted by Crippen LogP contribution is 1.87. The maximum Gasteiger partial charge on any atom is 0.123 e. The first-order valence-corrected chi connectivity index (χ1v) is 2.66. The molecule has 0 aromatic rings. The Bertz CT molecular complexity index is 162. The standard InChI is InChI=1S/C4O2Si2/c5-1-3(7)4(8)2-6. The molecule has 2 nitrogen and oxygen atoms in total. The number of allylic oxidation sites excluding steroid dienone is 2. The van der Waals surface area contributed by atoms with E-state index in [1.165, 1.54) is 11.9 Å². The molecule has 4 heteroatoms. The minimum Gasteiger partial charge on any atom is -0.234 e. The van der Waals surface area contributed by atoms with Gasteiger partial charge in [0.05, 0.1) is 20.5 Å². The van der Waals surface area contributed by atoms with E-state index in [9.17, 15) is 9.59 Å². The Morgan fingerprint density at radius 3 is 1.38 bits per heavy atom. The van der Waals surface area contributed by atoms with Crippen molar-refractivity contribution in [2.45, 2.75) is 0 Å². The lowest BCUT2D eigenvalue weighted by atomic mass is 10.6. The quantitative estimate of drug-likeness (QED) is 0.256. The Balaban J connectivity index is 4.52. The first-order chi connectivity index (χ1) is 3.72. The SMILES string of the molecule is O=C=C([Si])C([Si])=C=O. The fourth-order valence-electron chi connectivity index (χ4n) is 0.102. The molecule has 0 N–H and O–H groups in total. The minimum absolute atomic E-state index is 0.0386. The molecule has 0 saturated heterocycles. The number of carbonyl (C=O) groups excluding carboxylic acids is 2. The first-order valence-electron chi connectivity index (χ1n) is 1.66. The van der Waals surface area contributed by atoms with Gasteiger partial charge in [0.25, 0.3) is 0 Å². The average Bonchev–Trinajstić information content (AvgIpc) is 1.84. The molecule has 0 atom stereocenters. The molecular weight excluding hydrogens is 136 g/mol. The van der Waals surface area contributed by atoms with Crippen LogP contribution in [0.2, 0.25) is 0 Å². The van der Waals surface area contributed by atoms with E-state index in [4.69, 9.17) is 0 Å². The molecule has 0 unspecified atom stereocenters. The lowest BCUT2D eigenvalue weighted by Gasteiger charge is -1.81. The summed E-state index contributed by atoms with van der Waals surface area (Å²) in [6.45, 7) is 0. The van der Waals surface area contributed by atoms with Crippen LogP contribution >= 0.6 is 0 Å². The molecule has 8 heavy (non-hydrogen) atoms. The predicted octanol–water partition coefficient (Wildman–Crippen LogP) is -1.25. The van der Waals surface area contributed by atoms with E-state index in [1.54, 1.807) is 0 Å². The maximum atomic E-state index is 9.66. The molecule has 6 radical (unpaired) electrons. The van der Waals surface area contributed by atoms with Gasteiger partial charge in [0.1, 0.15) is 11.9 Å². The zero-order valence-corrected chi connectivity index (χ0v) is 5.82. The molecule has 0 amide bonds. The first kappa shape index (κ1) is 7.33. The van der Waals surface area contributed by atoms with Gasteiger partial charge in [-0.15, -0.1) is 0 Å². The van der Waals surface area contributed by atoms with Crippen molar-refractivity contribution in [2.75, 3.05) is 0 Å². The molecule has 0 aliphatic carbocycles. The van der Waals surface area contributed by atoms with Crippen molar-refractivity contribution in [3.05, 3.63) is 10.4 Å². The summed E-state index contributed by atoms with van der Waals surface area (Å²) < 4.78 is 0. The van der Waals surface area contributed by atoms with E-state index >= 15 is 0 Å². The molecule has 0 saturated carbocycles. The highest BCUT2D eigenvalue weighted by molar-refractivity contribution is 6.42. The Hall–Kier alpha value is -0.666. The fraction of sp³-hybridized carbons (Fsp3) is 0. The number of hydrogen-bond donors (Lipinski definition) is 0. The third kappa shape index (κ3) is 1.86. The monoisotopic (exact) mass is 136 g/mol. The lowest BCUT2D eigenvalue weighted by molar-refractivity contribution is 0.566. The molecule has 0 aliphatic heterocycles. The molecular formula is C4O2Si2. The number of rotatable bonds is 1. The normalized spacial score (nSPS) is 6.75. The van der Waals surface area contributed by atoms with Crippen molar-refractivity contribution in [3.8, 4) is 0 Å². The van der Waals surface area contributed by atoms with Crippen molar-refractivity contribution in [1.29, 1.82) is 0 Å². The minimum atomic E-state index is 0.0386. The van der Waals surface area contributed by atoms with Gasteiger partial charge in [0, 0.05) is 10.4 Å². The van der Waals surface area contributed by atoms with Crippen LogP contribution in [0.15, 0.2) is 10.4 Å². The van der Waals surface area contributed by atoms with Crippen molar-refractivity contribution >= 4 is 32.4 Å². The van der Waals surface area contributed by atoms with Gasteiger partial charge in [-0.2, -0.15) is 0 Å².